The highest BCUT2D eigenvalue weighted by atomic mass is 32.2. The average molecular weight is 557 g/mol. The maximum Gasteiger partial charge on any atom is 0.269 e. The molecular formula is C28H21FN6O4S. The van der Waals surface area contributed by atoms with E-state index in [1.807, 2.05) is 28.9 Å². The second-order valence-electron chi connectivity index (χ2n) is 8.73. The van der Waals surface area contributed by atoms with Gasteiger partial charge < -0.3 is 15.5 Å². The molecular weight excluding hydrogens is 535 g/mol. The van der Waals surface area contributed by atoms with Gasteiger partial charge in [-0.3, -0.25) is 14.3 Å². The highest BCUT2D eigenvalue weighted by Crippen LogP contribution is 2.21. The fraction of sp³-hybridized carbons (Fsp3) is 0.0714. The Hall–Kier alpha value is -5.28. The molecule has 10 nitrogen and oxygen atoms in total. The molecule has 0 bridgehead atoms. The Morgan fingerprint density at radius 3 is 2.52 bits per heavy atom. The zero-order valence-corrected chi connectivity index (χ0v) is 21.6. The van der Waals surface area contributed by atoms with Crippen molar-refractivity contribution in [1.29, 1.82) is 0 Å². The number of nitrogens with two attached hydrogens (primary N) is 1. The third kappa shape index (κ3) is 5.90. The highest BCUT2D eigenvalue weighted by molar-refractivity contribution is 7.90. The third-order valence-electron chi connectivity index (χ3n) is 5.87. The number of aromatic nitrogens is 4. The minimum absolute atomic E-state index is 0.0676. The van der Waals surface area contributed by atoms with Crippen molar-refractivity contribution in [3.05, 3.63) is 119 Å². The van der Waals surface area contributed by atoms with Crippen molar-refractivity contribution in [2.24, 2.45) is 5.73 Å². The van der Waals surface area contributed by atoms with Crippen molar-refractivity contribution >= 4 is 27.3 Å². The number of nitrogens with one attached hydrogen (secondary N) is 1. The number of hydrogen-bond acceptors (Lipinski definition) is 6. The van der Waals surface area contributed by atoms with Gasteiger partial charge in [0.2, 0.25) is 0 Å². The summed E-state index contributed by atoms with van der Waals surface area (Å²) in [6, 6.07) is 14.5. The van der Waals surface area contributed by atoms with Crippen molar-refractivity contribution in [2.75, 3.05) is 0 Å². The Balaban J connectivity index is 1.44. The van der Waals surface area contributed by atoms with Crippen LogP contribution in [0.1, 0.15) is 37.5 Å². The van der Waals surface area contributed by atoms with E-state index in [1.165, 1.54) is 54.7 Å². The molecule has 12 heteroatoms. The van der Waals surface area contributed by atoms with Gasteiger partial charge in [-0.2, -0.15) is 5.10 Å². The summed E-state index contributed by atoms with van der Waals surface area (Å²) in [5, 5.41) is 6.71. The molecule has 0 unspecified atom stereocenters. The van der Waals surface area contributed by atoms with Gasteiger partial charge in [0, 0.05) is 48.0 Å². The standard InChI is InChI=1S/C28H21FN6O4S/c29-23-6-2-19(3-7-23)1-4-21-16-22(28(37)32-17-20-9-12-34-14-11-31-26(34)15-20)5-8-25(21)40(38,39)18-35-13-10-24(33-35)27(30)36/h2-3,5-16H,17-18H2,(H2,30,36)(H,32,37). The van der Waals surface area contributed by atoms with Crippen LogP contribution in [0.5, 0.6) is 0 Å². The second-order valence-corrected chi connectivity index (χ2v) is 10.7. The molecule has 40 heavy (non-hydrogen) atoms. The van der Waals surface area contributed by atoms with Gasteiger partial charge >= 0.3 is 0 Å². The first-order chi connectivity index (χ1) is 19.2. The Kier molecular flexibility index (Phi) is 7.13. The molecule has 0 atom stereocenters. The molecule has 0 aliphatic heterocycles. The van der Waals surface area contributed by atoms with E-state index in [-0.39, 0.29) is 28.3 Å². The molecule has 3 aromatic heterocycles. The summed E-state index contributed by atoms with van der Waals surface area (Å²) in [4.78, 5) is 28.4. The molecule has 0 radical (unpaired) electrons. The average Bonchev–Trinajstić information content (AvgIpc) is 3.60. The van der Waals surface area contributed by atoms with Gasteiger partial charge in [-0.05, 0) is 66.2 Å². The fourth-order valence-electron chi connectivity index (χ4n) is 3.87. The van der Waals surface area contributed by atoms with E-state index in [2.05, 4.69) is 27.2 Å². The van der Waals surface area contributed by atoms with Crippen LogP contribution in [0.15, 0.2) is 90.3 Å². The Labute approximate surface area is 228 Å². The van der Waals surface area contributed by atoms with E-state index >= 15 is 0 Å². The number of amides is 2. The van der Waals surface area contributed by atoms with Crippen LogP contribution in [0.25, 0.3) is 5.65 Å². The van der Waals surface area contributed by atoms with E-state index in [0.29, 0.717) is 5.56 Å². The lowest BCUT2D eigenvalue weighted by molar-refractivity contribution is 0.0949. The third-order valence-corrected chi connectivity index (χ3v) is 7.50. The first-order valence-corrected chi connectivity index (χ1v) is 13.5. The summed E-state index contributed by atoms with van der Waals surface area (Å²) in [5.74, 6) is 3.37. The Bertz CT molecular complexity index is 1920. The maximum absolute atomic E-state index is 13.3. The summed E-state index contributed by atoms with van der Waals surface area (Å²) in [6.07, 6.45) is 6.64. The number of hydrogen-bond donors (Lipinski definition) is 2. The van der Waals surface area contributed by atoms with Crippen LogP contribution in [0.2, 0.25) is 0 Å². The van der Waals surface area contributed by atoms with E-state index < -0.39 is 33.3 Å². The van der Waals surface area contributed by atoms with Gasteiger partial charge in [-0.15, -0.1) is 0 Å². The van der Waals surface area contributed by atoms with Gasteiger partial charge in [-0.25, -0.2) is 17.8 Å². The number of primary amides is 1. The number of carbonyl (C=O) groups excluding carboxylic acids is 2. The lowest BCUT2D eigenvalue weighted by Crippen LogP contribution is -2.23. The lowest BCUT2D eigenvalue weighted by atomic mass is 10.1. The lowest BCUT2D eigenvalue weighted by Gasteiger charge is -2.10. The van der Waals surface area contributed by atoms with Gasteiger partial charge in [-0.1, -0.05) is 11.8 Å². The zero-order valence-electron chi connectivity index (χ0n) is 20.8. The smallest absolute Gasteiger partial charge is 0.269 e. The van der Waals surface area contributed by atoms with Gasteiger partial charge in [0.15, 0.2) is 9.84 Å². The molecule has 5 aromatic rings. The minimum atomic E-state index is -4.04. The summed E-state index contributed by atoms with van der Waals surface area (Å²) in [7, 11) is -4.04. The number of pyridine rings is 1. The molecule has 3 heterocycles. The Morgan fingerprint density at radius 2 is 1.77 bits per heavy atom. The Morgan fingerprint density at radius 1 is 0.975 bits per heavy atom. The number of imidazole rings is 1. The van der Waals surface area contributed by atoms with Gasteiger partial charge in [0.25, 0.3) is 11.8 Å². The number of rotatable bonds is 7. The fourth-order valence-corrected chi connectivity index (χ4v) is 5.22. The topological polar surface area (TPSA) is 141 Å². The van der Waals surface area contributed by atoms with Crippen LogP contribution in [-0.4, -0.2) is 39.4 Å². The molecule has 0 aliphatic rings. The van der Waals surface area contributed by atoms with Crippen LogP contribution in [0.3, 0.4) is 0 Å². The number of carbonyl (C=O) groups is 2. The van der Waals surface area contributed by atoms with E-state index in [0.717, 1.165) is 15.9 Å². The van der Waals surface area contributed by atoms with Crippen LogP contribution in [0.4, 0.5) is 4.39 Å². The van der Waals surface area contributed by atoms with Crippen molar-refractivity contribution in [3.8, 4) is 11.8 Å². The SMILES string of the molecule is NC(=O)c1ccn(CS(=O)(=O)c2ccc(C(=O)NCc3ccn4ccnc4c3)cc2C#Cc2ccc(F)cc2)n1. The van der Waals surface area contributed by atoms with Gasteiger partial charge in [0.05, 0.1) is 4.90 Å². The van der Waals surface area contributed by atoms with Crippen LogP contribution in [-0.2, 0) is 22.3 Å². The van der Waals surface area contributed by atoms with Gasteiger partial charge in [0.1, 0.15) is 23.0 Å². The molecule has 2 aromatic carbocycles. The number of sulfone groups is 1. The predicted molar refractivity (Wildman–Crippen MR) is 143 cm³/mol. The molecule has 0 aliphatic carbocycles. The summed E-state index contributed by atoms with van der Waals surface area (Å²) < 4.78 is 42.9. The van der Waals surface area contributed by atoms with Crippen molar-refractivity contribution in [2.45, 2.75) is 17.3 Å². The number of fused-ring (bicyclic) bond motifs is 1. The number of benzene rings is 2. The summed E-state index contributed by atoms with van der Waals surface area (Å²) in [6.45, 7) is 0.223. The van der Waals surface area contributed by atoms with Crippen molar-refractivity contribution in [3.63, 3.8) is 0 Å². The quantitative estimate of drug-likeness (QED) is 0.295. The van der Waals surface area contributed by atoms with Crippen LogP contribution >= 0.6 is 0 Å². The predicted octanol–water partition coefficient (Wildman–Crippen LogP) is 2.53. The first kappa shape index (κ1) is 26.3. The normalized spacial score (nSPS) is 11.1. The first-order valence-electron chi connectivity index (χ1n) is 11.9. The van der Waals surface area contributed by atoms with E-state index in [9.17, 15) is 22.4 Å². The number of nitrogens with zero attached hydrogens (tertiary/aromatic N) is 4. The van der Waals surface area contributed by atoms with E-state index in [4.69, 9.17) is 5.73 Å². The van der Waals surface area contributed by atoms with Crippen molar-refractivity contribution in [1.82, 2.24) is 24.5 Å². The molecule has 0 saturated heterocycles. The molecule has 2 amide bonds. The summed E-state index contributed by atoms with van der Waals surface area (Å²) >= 11 is 0. The monoisotopic (exact) mass is 556 g/mol. The number of halogens is 1. The second kappa shape index (κ2) is 10.8. The molecule has 0 fully saturated rings. The minimum Gasteiger partial charge on any atom is -0.364 e. The molecule has 3 N–H and O–H groups in total. The van der Waals surface area contributed by atoms with Crippen molar-refractivity contribution < 1.29 is 22.4 Å². The van der Waals surface area contributed by atoms with E-state index in [1.54, 1.807) is 6.20 Å². The zero-order chi connectivity index (χ0) is 28.3. The molecule has 0 spiro atoms. The molecule has 200 valence electrons. The van der Waals surface area contributed by atoms with Crippen LogP contribution in [0, 0.1) is 17.7 Å². The molecule has 5 rings (SSSR count). The summed E-state index contributed by atoms with van der Waals surface area (Å²) in [5.41, 5.74) is 7.41. The highest BCUT2D eigenvalue weighted by Gasteiger charge is 2.22. The largest absolute Gasteiger partial charge is 0.364 e. The maximum atomic E-state index is 13.3. The molecule has 0 saturated carbocycles. The van der Waals surface area contributed by atoms with Crippen LogP contribution < -0.4 is 11.1 Å².